The third kappa shape index (κ3) is 4.83. The monoisotopic (exact) mass is 383 g/mol. The van der Waals surface area contributed by atoms with Gasteiger partial charge in [-0.05, 0) is 23.8 Å². The van der Waals surface area contributed by atoms with E-state index in [1.807, 2.05) is 0 Å². The van der Waals surface area contributed by atoms with Gasteiger partial charge in [-0.15, -0.1) is 12.4 Å². The summed E-state index contributed by atoms with van der Waals surface area (Å²) in [6.07, 6.45) is 1.47. The maximum atomic E-state index is 12.2. The lowest BCUT2D eigenvalue weighted by molar-refractivity contribution is 0.0734. The normalized spacial score (nSPS) is 13.9. The quantitative estimate of drug-likeness (QED) is 0.623. The maximum Gasteiger partial charge on any atom is 0.345 e. The number of carbonyl (C=O) groups is 1. The first-order valence-electron chi connectivity index (χ1n) is 7.70. The highest BCUT2D eigenvalue weighted by molar-refractivity contribution is 6.33. The Bertz CT molecular complexity index is 737. The average molecular weight is 384 g/mol. The molecular formula is C17H19Cl2N3O3. The molecule has 1 fully saturated rings. The fraction of sp³-hybridized carbons (Fsp3) is 0.294. The van der Waals surface area contributed by atoms with Crippen LogP contribution in [0.15, 0.2) is 36.5 Å². The van der Waals surface area contributed by atoms with Crippen molar-refractivity contribution in [2.45, 2.75) is 6.61 Å². The zero-order valence-corrected chi connectivity index (χ0v) is 15.0. The highest BCUT2D eigenvalue weighted by Gasteiger charge is 2.18. The largest absolute Gasteiger partial charge is 0.423 e. The first-order chi connectivity index (χ1) is 11.7. The second-order valence-electron chi connectivity index (χ2n) is 5.46. The van der Waals surface area contributed by atoms with E-state index in [9.17, 15) is 4.79 Å². The SMILES string of the molecule is Cl.O=C(Oc1cccc(CO)c1)c1cnc(N2CCNCC2)c(Cl)c1. The van der Waals surface area contributed by atoms with Gasteiger partial charge >= 0.3 is 5.97 Å². The number of aromatic nitrogens is 1. The van der Waals surface area contributed by atoms with Gasteiger partial charge in [-0.1, -0.05) is 23.7 Å². The number of hydrogen-bond donors (Lipinski definition) is 2. The first kappa shape index (κ1) is 19.5. The van der Waals surface area contributed by atoms with E-state index < -0.39 is 5.97 Å². The van der Waals surface area contributed by atoms with Crippen LogP contribution in [0.3, 0.4) is 0 Å². The fourth-order valence-corrected chi connectivity index (χ4v) is 2.81. The van der Waals surface area contributed by atoms with Crippen molar-refractivity contribution in [2.24, 2.45) is 0 Å². The molecule has 2 heterocycles. The second kappa shape index (κ2) is 9.01. The molecule has 0 bridgehead atoms. The molecule has 0 radical (unpaired) electrons. The Morgan fingerprint density at radius 3 is 2.76 bits per heavy atom. The van der Waals surface area contributed by atoms with Crippen LogP contribution in [-0.4, -0.2) is 42.2 Å². The summed E-state index contributed by atoms with van der Waals surface area (Å²) < 4.78 is 5.31. The van der Waals surface area contributed by atoms with E-state index in [0.717, 1.165) is 26.2 Å². The lowest BCUT2D eigenvalue weighted by Crippen LogP contribution is -2.44. The summed E-state index contributed by atoms with van der Waals surface area (Å²) >= 11 is 6.29. The van der Waals surface area contributed by atoms with Crippen LogP contribution in [0.25, 0.3) is 0 Å². The highest BCUT2D eigenvalue weighted by atomic mass is 35.5. The molecular weight excluding hydrogens is 365 g/mol. The summed E-state index contributed by atoms with van der Waals surface area (Å²) in [6, 6.07) is 8.30. The number of pyridine rings is 1. The van der Waals surface area contributed by atoms with Gasteiger partial charge in [0.15, 0.2) is 0 Å². The van der Waals surface area contributed by atoms with Crippen LogP contribution < -0.4 is 15.0 Å². The lowest BCUT2D eigenvalue weighted by Gasteiger charge is -2.29. The number of ether oxygens (including phenoxy) is 1. The summed E-state index contributed by atoms with van der Waals surface area (Å²) in [4.78, 5) is 18.7. The number of halogens is 2. The van der Waals surface area contributed by atoms with Gasteiger partial charge in [0.05, 0.1) is 17.2 Å². The van der Waals surface area contributed by atoms with Crippen molar-refractivity contribution in [1.29, 1.82) is 0 Å². The molecule has 25 heavy (non-hydrogen) atoms. The Hall–Kier alpha value is -1.86. The fourth-order valence-electron chi connectivity index (χ4n) is 2.52. The third-order valence-electron chi connectivity index (χ3n) is 3.77. The average Bonchev–Trinajstić information content (AvgIpc) is 2.62. The van der Waals surface area contributed by atoms with E-state index in [0.29, 0.717) is 22.2 Å². The van der Waals surface area contributed by atoms with E-state index >= 15 is 0 Å². The molecule has 2 aromatic rings. The van der Waals surface area contributed by atoms with Crippen molar-refractivity contribution in [3.8, 4) is 5.75 Å². The Kier molecular flexibility index (Phi) is 7.01. The molecule has 0 amide bonds. The van der Waals surface area contributed by atoms with Crippen LogP contribution >= 0.6 is 24.0 Å². The Labute approximate surface area is 157 Å². The summed E-state index contributed by atoms with van der Waals surface area (Å²) in [5, 5.41) is 12.8. The van der Waals surface area contributed by atoms with Crippen LogP contribution in [0.1, 0.15) is 15.9 Å². The minimum atomic E-state index is -0.536. The van der Waals surface area contributed by atoms with Crippen LogP contribution in [0.4, 0.5) is 5.82 Å². The number of carbonyl (C=O) groups excluding carboxylic acids is 1. The number of nitrogens with zero attached hydrogens (tertiary/aromatic N) is 2. The number of rotatable bonds is 4. The Morgan fingerprint density at radius 2 is 2.08 bits per heavy atom. The zero-order valence-electron chi connectivity index (χ0n) is 13.4. The van der Waals surface area contributed by atoms with Crippen LogP contribution in [0, 0.1) is 0 Å². The van der Waals surface area contributed by atoms with Crippen LogP contribution in [0.5, 0.6) is 5.75 Å². The van der Waals surface area contributed by atoms with Crippen LogP contribution in [-0.2, 0) is 6.61 Å². The molecule has 0 aliphatic carbocycles. The Balaban J connectivity index is 0.00000225. The summed E-state index contributed by atoms with van der Waals surface area (Å²) in [5.41, 5.74) is 0.957. The van der Waals surface area contributed by atoms with Gasteiger partial charge in [0, 0.05) is 32.4 Å². The topological polar surface area (TPSA) is 74.7 Å². The van der Waals surface area contributed by atoms with Crippen molar-refractivity contribution >= 4 is 35.8 Å². The molecule has 0 saturated carbocycles. The number of aliphatic hydroxyl groups is 1. The van der Waals surface area contributed by atoms with E-state index in [1.165, 1.54) is 6.20 Å². The minimum absolute atomic E-state index is 0. The molecule has 2 N–H and O–H groups in total. The molecule has 1 aromatic heterocycles. The van der Waals surface area contributed by atoms with Crippen molar-refractivity contribution < 1.29 is 14.6 Å². The van der Waals surface area contributed by atoms with Gasteiger partial charge in [0.1, 0.15) is 11.6 Å². The maximum absolute atomic E-state index is 12.2. The second-order valence-corrected chi connectivity index (χ2v) is 5.87. The van der Waals surface area contributed by atoms with Gasteiger partial charge in [0.2, 0.25) is 0 Å². The molecule has 1 aromatic carbocycles. The van der Waals surface area contributed by atoms with Gasteiger partial charge in [-0.2, -0.15) is 0 Å². The highest BCUT2D eigenvalue weighted by Crippen LogP contribution is 2.25. The molecule has 134 valence electrons. The number of anilines is 1. The van der Waals surface area contributed by atoms with Crippen molar-refractivity contribution in [3.05, 3.63) is 52.7 Å². The van der Waals surface area contributed by atoms with E-state index in [-0.39, 0.29) is 24.6 Å². The molecule has 1 aliphatic heterocycles. The lowest BCUT2D eigenvalue weighted by atomic mass is 10.2. The minimum Gasteiger partial charge on any atom is -0.423 e. The molecule has 0 atom stereocenters. The number of hydrogen-bond acceptors (Lipinski definition) is 6. The van der Waals surface area contributed by atoms with Gasteiger partial charge < -0.3 is 20.1 Å². The Morgan fingerprint density at radius 1 is 1.32 bits per heavy atom. The molecule has 3 rings (SSSR count). The molecule has 0 spiro atoms. The van der Waals surface area contributed by atoms with Gasteiger partial charge in [-0.3, -0.25) is 0 Å². The molecule has 6 nitrogen and oxygen atoms in total. The summed E-state index contributed by atoms with van der Waals surface area (Å²) in [6.45, 7) is 3.29. The molecule has 8 heteroatoms. The number of piperazine rings is 1. The number of aliphatic hydroxyl groups excluding tert-OH is 1. The van der Waals surface area contributed by atoms with Crippen LogP contribution in [0.2, 0.25) is 5.02 Å². The third-order valence-corrected chi connectivity index (χ3v) is 4.04. The van der Waals surface area contributed by atoms with Gasteiger partial charge in [0.25, 0.3) is 0 Å². The van der Waals surface area contributed by atoms with E-state index in [1.54, 1.807) is 30.3 Å². The number of benzene rings is 1. The number of esters is 1. The zero-order chi connectivity index (χ0) is 16.9. The van der Waals surface area contributed by atoms with Crippen molar-refractivity contribution in [3.63, 3.8) is 0 Å². The predicted molar refractivity (Wildman–Crippen MR) is 98.9 cm³/mol. The smallest absolute Gasteiger partial charge is 0.345 e. The molecule has 1 aliphatic rings. The molecule has 1 saturated heterocycles. The number of nitrogens with one attached hydrogen (secondary N) is 1. The molecule has 0 unspecified atom stereocenters. The van der Waals surface area contributed by atoms with Crippen molar-refractivity contribution in [2.75, 3.05) is 31.1 Å². The standard InChI is InChI=1S/C17H18ClN3O3.ClH/c18-15-9-13(10-20-16(15)21-6-4-19-5-7-21)17(23)24-14-3-1-2-12(8-14)11-22;/h1-3,8-10,19,22H,4-7,11H2;1H. The predicted octanol–water partition coefficient (Wildman–Crippen LogP) is 2.28. The van der Waals surface area contributed by atoms with E-state index in [4.69, 9.17) is 21.4 Å². The summed E-state index contributed by atoms with van der Waals surface area (Å²) in [7, 11) is 0. The van der Waals surface area contributed by atoms with Gasteiger partial charge in [-0.25, -0.2) is 9.78 Å². The first-order valence-corrected chi connectivity index (χ1v) is 8.08. The summed E-state index contributed by atoms with van der Waals surface area (Å²) in [5.74, 6) is 0.511. The van der Waals surface area contributed by atoms with Crippen molar-refractivity contribution in [1.82, 2.24) is 10.3 Å². The van der Waals surface area contributed by atoms with E-state index in [2.05, 4.69) is 15.2 Å².